The predicted molar refractivity (Wildman–Crippen MR) is 96.0 cm³/mol. The first-order chi connectivity index (χ1) is 13.3. The maximum absolute atomic E-state index is 13.4. The van der Waals surface area contributed by atoms with Crippen molar-refractivity contribution in [2.24, 2.45) is 4.99 Å². The normalized spacial score (nSPS) is 25.8. The van der Waals surface area contributed by atoms with Crippen LogP contribution in [0.4, 0.5) is 4.39 Å². The van der Waals surface area contributed by atoms with Crippen LogP contribution in [-0.2, 0) is 16.3 Å². The molecule has 4 N–H and O–H groups in total. The Hall–Kier alpha value is -2.57. The average molecular weight is 410 g/mol. The minimum atomic E-state index is -2.77. The first kappa shape index (κ1) is 18.8. The van der Waals surface area contributed by atoms with E-state index in [9.17, 15) is 13.8 Å². The van der Waals surface area contributed by atoms with Crippen LogP contribution in [0.15, 0.2) is 27.8 Å². The lowest BCUT2D eigenvalue weighted by Crippen LogP contribution is -2.48. The molecule has 0 saturated heterocycles. The van der Waals surface area contributed by atoms with Gasteiger partial charge in [-0.05, 0) is 40.0 Å². The molecule has 1 saturated carbocycles. The number of benzene rings is 1. The number of aliphatic imine (C=N–C) groups is 1. The largest absolute Gasteiger partial charge is 0.470 e. The summed E-state index contributed by atoms with van der Waals surface area (Å²) >= 11 is 0. The highest BCUT2D eigenvalue weighted by Crippen LogP contribution is 2.37. The molecule has 1 aromatic heterocycles. The van der Waals surface area contributed by atoms with Crippen molar-refractivity contribution in [1.82, 2.24) is 20.5 Å². The summed E-state index contributed by atoms with van der Waals surface area (Å²) in [5.74, 6) is -0.278. The van der Waals surface area contributed by atoms with Crippen LogP contribution in [0.3, 0.4) is 0 Å². The zero-order valence-electron chi connectivity index (χ0n) is 14.9. The molecule has 1 aromatic carbocycles. The van der Waals surface area contributed by atoms with Crippen molar-refractivity contribution in [2.45, 2.75) is 37.5 Å². The van der Waals surface area contributed by atoms with E-state index in [0.29, 0.717) is 19.3 Å². The van der Waals surface area contributed by atoms with Gasteiger partial charge in [-0.25, -0.2) is 22.7 Å². The minimum Gasteiger partial charge on any atom is -0.470 e. The Labute approximate surface area is 160 Å². The molecule has 150 valence electrons. The van der Waals surface area contributed by atoms with Crippen molar-refractivity contribution in [3.63, 3.8) is 0 Å². The number of hydrogen-bond acceptors (Lipinski definition) is 8. The summed E-state index contributed by atoms with van der Waals surface area (Å²) in [4.78, 5) is 4.37. The van der Waals surface area contributed by atoms with Crippen molar-refractivity contribution in [1.29, 1.82) is 4.78 Å². The highest BCUT2D eigenvalue weighted by atomic mass is 32.2. The molecular formula is C16H19FN6O4S. The number of nitrogens with one attached hydrogen (secondary N) is 3. The lowest BCUT2D eigenvalue weighted by atomic mass is 9.83. The number of hydroxylamine groups is 1. The predicted octanol–water partition coefficient (Wildman–Crippen LogP) is 1.32. The molecule has 0 aliphatic heterocycles. The van der Waals surface area contributed by atoms with E-state index in [-0.39, 0.29) is 41.4 Å². The van der Waals surface area contributed by atoms with Crippen LogP contribution in [-0.4, -0.2) is 44.0 Å². The van der Waals surface area contributed by atoms with Gasteiger partial charge in [-0.15, -0.1) is 0 Å². The van der Waals surface area contributed by atoms with Gasteiger partial charge >= 0.3 is 0 Å². The number of amidine groups is 1. The maximum atomic E-state index is 13.4. The van der Waals surface area contributed by atoms with Crippen LogP contribution in [0.5, 0.6) is 5.88 Å². The molecule has 0 spiro atoms. The van der Waals surface area contributed by atoms with Gasteiger partial charge in [0.05, 0.1) is 6.04 Å². The molecule has 4 rings (SSSR count). The number of aromatic nitrogens is 2. The average Bonchev–Trinajstić information content (AvgIpc) is 3.03. The zero-order chi connectivity index (χ0) is 19.9. The van der Waals surface area contributed by atoms with Gasteiger partial charge in [0.15, 0.2) is 5.84 Å². The molecule has 28 heavy (non-hydrogen) atoms. The molecule has 2 aromatic rings. The summed E-state index contributed by atoms with van der Waals surface area (Å²) in [7, 11) is -2.77. The van der Waals surface area contributed by atoms with Crippen molar-refractivity contribution in [3.05, 3.63) is 40.8 Å². The third-order valence-corrected chi connectivity index (χ3v) is 5.50. The Balaban J connectivity index is 1.44. The Morgan fingerprint density at radius 1 is 1.46 bits per heavy atom. The van der Waals surface area contributed by atoms with Crippen LogP contribution in [0.1, 0.15) is 35.7 Å². The molecular weight excluding hydrogens is 391 g/mol. The van der Waals surface area contributed by atoms with E-state index in [1.54, 1.807) is 6.07 Å². The standard InChI is InChI=1S/C16H19FN6O4S/c1-28(18,25)23-10-6-11(7-10)26-16-14(21-27-22-16)15(20-24)19-13-4-8-2-3-9(17)5-12(8)13/h2-3,5,10-11,13,24H,4,6-7H2,1H3,(H,19,20)(H2,18,23,25)/t10?,11?,13-,28?/m1/s1. The highest BCUT2D eigenvalue weighted by Gasteiger charge is 2.34. The molecule has 2 aliphatic rings. The first-order valence-electron chi connectivity index (χ1n) is 8.59. The fraction of sp³-hybridized carbons (Fsp3) is 0.438. The number of hydrogen-bond donors (Lipinski definition) is 4. The number of ether oxygens (including phenoxy) is 1. The molecule has 0 amide bonds. The van der Waals surface area contributed by atoms with Gasteiger partial charge in [0, 0.05) is 25.1 Å². The Morgan fingerprint density at radius 2 is 2.25 bits per heavy atom. The topological polar surface area (TPSA) is 146 Å². The second-order valence-corrected chi connectivity index (χ2v) is 8.86. The van der Waals surface area contributed by atoms with Gasteiger partial charge in [-0.1, -0.05) is 6.07 Å². The SMILES string of the molecule is CS(=N)(=O)NC1CC(Oc2nonc2C(=N[C@@H]2Cc3ccc(F)cc32)NO)C1. The summed E-state index contributed by atoms with van der Waals surface area (Å²) in [6.07, 6.45) is 2.81. The fourth-order valence-electron chi connectivity index (χ4n) is 3.30. The molecule has 1 unspecified atom stereocenters. The molecule has 1 heterocycles. The van der Waals surface area contributed by atoms with Crippen molar-refractivity contribution in [2.75, 3.05) is 6.26 Å². The van der Waals surface area contributed by atoms with E-state index in [4.69, 9.17) is 14.1 Å². The van der Waals surface area contributed by atoms with Gasteiger partial charge in [0.2, 0.25) is 5.69 Å². The summed E-state index contributed by atoms with van der Waals surface area (Å²) in [5, 5.41) is 16.9. The Morgan fingerprint density at radius 3 is 2.96 bits per heavy atom. The van der Waals surface area contributed by atoms with Gasteiger partial charge in [0.25, 0.3) is 5.88 Å². The van der Waals surface area contributed by atoms with Crippen LogP contribution >= 0.6 is 0 Å². The van der Waals surface area contributed by atoms with E-state index >= 15 is 0 Å². The lowest BCUT2D eigenvalue weighted by Gasteiger charge is -2.35. The summed E-state index contributed by atoms with van der Waals surface area (Å²) in [6.45, 7) is 0. The van der Waals surface area contributed by atoms with E-state index in [0.717, 1.165) is 11.1 Å². The molecule has 1 fully saturated rings. The second kappa shape index (κ2) is 7.11. The van der Waals surface area contributed by atoms with Crippen molar-refractivity contribution >= 4 is 15.8 Å². The summed E-state index contributed by atoms with van der Waals surface area (Å²) < 4.78 is 45.4. The monoisotopic (exact) mass is 410 g/mol. The third kappa shape index (κ3) is 3.84. The molecule has 10 nitrogen and oxygen atoms in total. The molecule has 2 atom stereocenters. The zero-order valence-corrected chi connectivity index (χ0v) is 15.7. The lowest BCUT2D eigenvalue weighted by molar-refractivity contribution is 0.0850. The number of rotatable bonds is 6. The van der Waals surface area contributed by atoms with Gasteiger partial charge in [0.1, 0.15) is 21.8 Å². The summed E-state index contributed by atoms with van der Waals surface area (Å²) in [6, 6.07) is 4.13. The van der Waals surface area contributed by atoms with Gasteiger partial charge in [-0.3, -0.25) is 15.7 Å². The number of fused-ring (bicyclic) bond motifs is 1. The number of halogens is 1. The van der Waals surface area contributed by atoms with Crippen LogP contribution in [0.2, 0.25) is 0 Å². The molecule has 0 radical (unpaired) electrons. The van der Waals surface area contributed by atoms with Gasteiger partial charge < -0.3 is 4.74 Å². The minimum absolute atomic E-state index is 0.00731. The van der Waals surface area contributed by atoms with E-state index < -0.39 is 9.92 Å². The maximum Gasteiger partial charge on any atom is 0.287 e. The molecule has 0 bridgehead atoms. The molecule has 2 aliphatic carbocycles. The van der Waals surface area contributed by atoms with E-state index in [2.05, 4.69) is 20.0 Å². The van der Waals surface area contributed by atoms with Crippen molar-refractivity contribution < 1.29 is 23.2 Å². The van der Waals surface area contributed by atoms with Crippen molar-refractivity contribution in [3.8, 4) is 5.88 Å². The second-order valence-electron chi connectivity index (χ2n) is 6.94. The summed E-state index contributed by atoms with van der Waals surface area (Å²) in [5.41, 5.74) is 3.82. The fourth-order valence-corrected chi connectivity index (χ4v) is 4.13. The molecule has 12 heteroatoms. The quantitative estimate of drug-likeness (QED) is 0.319. The van der Waals surface area contributed by atoms with Crippen LogP contribution in [0, 0.1) is 10.6 Å². The third-order valence-electron chi connectivity index (χ3n) is 4.72. The Kier molecular flexibility index (Phi) is 4.77. The smallest absolute Gasteiger partial charge is 0.287 e. The van der Waals surface area contributed by atoms with E-state index in [1.807, 2.05) is 5.48 Å². The Bertz CT molecular complexity index is 1020. The highest BCUT2D eigenvalue weighted by molar-refractivity contribution is 7.89. The van der Waals surface area contributed by atoms with E-state index in [1.165, 1.54) is 18.4 Å². The van der Waals surface area contributed by atoms with Gasteiger partial charge in [-0.2, -0.15) is 0 Å². The number of nitrogens with zero attached hydrogens (tertiary/aromatic N) is 3. The first-order valence-corrected chi connectivity index (χ1v) is 10.6. The van der Waals surface area contributed by atoms with Crippen LogP contribution in [0.25, 0.3) is 0 Å². The van der Waals surface area contributed by atoms with Crippen LogP contribution < -0.4 is 14.9 Å².